The molecule has 1 aromatic rings. The first-order valence-electron chi connectivity index (χ1n) is 8.76. The summed E-state index contributed by atoms with van der Waals surface area (Å²) in [5, 5.41) is 12.8. The average Bonchev–Trinajstić information content (AvgIpc) is 2.55. The highest BCUT2D eigenvalue weighted by Crippen LogP contribution is 2.28. The van der Waals surface area contributed by atoms with Crippen LogP contribution in [0.2, 0.25) is 19.6 Å². The number of carbonyl (C=O) groups is 1. The first kappa shape index (κ1) is 19.2. The maximum absolute atomic E-state index is 11.2. The van der Waals surface area contributed by atoms with Gasteiger partial charge in [-0.15, -0.1) is 5.54 Å². The number of carboxylic acid groups (broad SMARTS) is 1. The van der Waals surface area contributed by atoms with Crippen LogP contribution < -0.4 is 10.1 Å². The standard InChI is InChI=1S/C19H28N2O3Si/c1-5-24-17-8-6-16(7-9-17)20-19(12-15-25(2,3)4)10-13-21(14-11-19)18(22)23/h6-9,20H,5,10-11,13-14H2,1-4H3,(H,22,23). The second kappa shape index (κ2) is 7.83. The minimum absolute atomic E-state index is 0.376. The van der Waals surface area contributed by atoms with Crippen LogP contribution in [0.3, 0.4) is 0 Å². The average molecular weight is 361 g/mol. The molecular weight excluding hydrogens is 332 g/mol. The molecule has 6 heteroatoms. The van der Waals surface area contributed by atoms with Crippen molar-refractivity contribution in [1.29, 1.82) is 0 Å². The zero-order valence-corrected chi connectivity index (χ0v) is 16.6. The van der Waals surface area contributed by atoms with Crippen LogP contribution in [-0.2, 0) is 0 Å². The zero-order chi connectivity index (χ0) is 18.5. The second-order valence-electron chi connectivity index (χ2n) is 7.43. The largest absolute Gasteiger partial charge is 0.494 e. The Labute approximate surface area is 151 Å². The SMILES string of the molecule is CCOc1ccc(NC2(C#C[Si](C)(C)C)CCN(C(=O)O)CC2)cc1. The van der Waals surface area contributed by atoms with Crippen molar-refractivity contribution in [2.45, 2.75) is 44.9 Å². The van der Waals surface area contributed by atoms with Crippen LogP contribution in [0.15, 0.2) is 24.3 Å². The minimum atomic E-state index is -1.51. The lowest BCUT2D eigenvalue weighted by atomic mass is 9.88. The van der Waals surface area contributed by atoms with Crippen LogP contribution in [0, 0.1) is 11.5 Å². The van der Waals surface area contributed by atoms with Crippen molar-refractivity contribution in [3.05, 3.63) is 24.3 Å². The smallest absolute Gasteiger partial charge is 0.407 e. The second-order valence-corrected chi connectivity index (χ2v) is 12.2. The van der Waals surface area contributed by atoms with Gasteiger partial charge in [0.2, 0.25) is 0 Å². The molecule has 1 heterocycles. The molecule has 1 aliphatic heterocycles. The van der Waals surface area contributed by atoms with E-state index in [2.05, 4.69) is 36.4 Å². The number of piperidine rings is 1. The fraction of sp³-hybridized carbons (Fsp3) is 0.526. The Hall–Kier alpha value is -2.13. The number of ether oxygens (including phenoxy) is 1. The number of benzene rings is 1. The molecule has 0 atom stereocenters. The predicted octanol–water partition coefficient (Wildman–Crippen LogP) is 3.89. The van der Waals surface area contributed by atoms with E-state index in [9.17, 15) is 9.90 Å². The van der Waals surface area contributed by atoms with Crippen molar-refractivity contribution in [3.63, 3.8) is 0 Å². The lowest BCUT2D eigenvalue weighted by Crippen LogP contribution is -2.50. The van der Waals surface area contributed by atoms with Gasteiger partial charge in [0.1, 0.15) is 19.4 Å². The molecule has 1 amide bonds. The van der Waals surface area contributed by atoms with Crippen LogP contribution in [-0.4, -0.2) is 49.4 Å². The maximum atomic E-state index is 11.2. The van der Waals surface area contributed by atoms with E-state index in [4.69, 9.17) is 4.74 Å². The Morgan fingerprint density at radius 3 is 2.36 bits per heavy atom. The van der Waals surface area contributed by atoms with Gasteiger partial charge in [0.25, 0.3) is 0 Å². The van der Waals surface area contributed by atoms with Gasteiger partial charge >= 0.3 is 6.09 Å². The van der Waals surface area contributed by atoms with Crippen molar-refractivity contribution in [1.82, 2.24) is 4.90 Å². The molecule has 0 saturated carbocycles. The molecule has 1 aliphatic rings. The van der Waals surface area contributed by atoms with E-state index in [1.807, 2.05) is 31.2 Å². The van der Waals surface area contributed by atoms with E-state index >= 15 is 0 Å². The Balaban J connectivity index is 2.20. The summed E-state index contributed by atoms with van der Waals surface area (Å²) in [7, 11) is -1.51. The summed E-state index contributed by atoms with van der Waals surface area (Å²) in [5.74, 6) is 4.32. The van der Waals surface area contributed by atoms with Crippen molar-refractivity contribution >= 4 is 19.9 Å². The van der Waals surface area contributed by atoms with Gasteiger partial charge < -0.3 is 20.1 Å². The van der Waals surface area contributed by atoms with Gasteiger partial charge in [-0.1, -0.05) is 25.6 Å². The van der Waals surface area contributed by atoms with Crippen molar-refractivity contribution in [2.75, 3.05) is 25.0 Å². The maximum Gasteiger partial charge on any atom is 0.407 e. The molecule has 0 bridgehead atoms. The highest BCUT2D eigenvalue weighted by atomic mass is 28.3. The first-order valence-corrected chi connectivity index (χ1v) is 12.3. The van der Waals surface area contributed by atoms with Gasteiger partial charge in [-0.05, 0) is 44.0 Å². The number of rotatable bonds is 4. The molecule has 1 fully saturated rings. The van der Waals surface area contributed by atoms with E-state index in [0.717, 1.165) is 11.4 Å². The summed E-state index contributed by atoms with van der Waals surface area (Å²) in [5.41, 5.74) is 4.07. The van der Waals surface area contributed by atoms with E-state index in [0.29, 0.717) is 32.5 Å². The molecule has 0 radical (unpaired) electrons. The van der Waals surface area contributed by atoms with E-state index < -0.39 is 14.2 Å². The number of nitrogens with one attached hydrogen (secondary N) is 1. The Kier molecular flexibility index (Phi) is 6.01. The van der Waals surface area contributed by atoms with Gasteiger partial charge in [0.05, 0.1) is 6.61 Å². The van der Waals surface area contributed by atoms with E-state index in [1.165, 1.54) is 4.90 Å². The number of likely N-dealkylation sites (tertiary alicyclic amines) is 1. The van der Waals surface area contributed by atoms with Crippen LogP contribution in [0.25, 0.3) is 0 Å². The number of nitrogens with zero attached hydrogens (tertiary/aromatic N) is 1. The van der Waals surface area contributed by atoms with Crippen LogP contribution in [0.1, 0.15) is 19.8 Å². The molecule has 5 nitrogen and oxygen atoms in total. The van der Waals surface area contributed by atoms with Gasteiger partial charge in [-0.3, -0.25) is 0 Å². The third-order valence-electron chi connectivity index (χ3n) is 4.11. The normalized spacial score (nSPS) is 16.6. The van der Waals surface area contributed by atoms with Gasteiger partial charge in [0.15, 0.2) is 0 Å². The third-order valence-corrected chi connectivity index (χ3v) is 4.99. The molecule has 2 rings (SSSR count). The molecule has 136 valence electrons. The lowest BCUT2D eigenvalue weighted by molar-refractivity contribution is 0.128. The van der Waals surface area contributed by atoms with Crippen LogP contribution in [0.5, 0.6) is 5.75 Å². The van der Waals surface area contributed by atoms with Gasteiger partial charge in [0, 0.05) is 18.8 Å². The Bertz CT molecular complexity index is 648. The highest BCUT2D eigenvalue weighted by Gasteiger charge is 2.35. The zero-order valence-electron chi connectivity index (χ0n) is 15.6. The summed E-state index contributed by atoms with van der Waals surface area (Å²) in [6.07, 6.45) is 0.515. The van der Waals surface area contributed by atoms with Gasteiger partial charge in [-0.25, -0.2) is 4.79 Å². The number of amides is 1. The fourth-order valence-electron chi connectivity index (χ4n) is 2.75. The summed E-state index contributed by atoms with van der Waals surface area (Å²) in [6, 6.07) is 7.87. The molecule has 25 heavy (non-hydrogen) atoms. The van der Waals surface area contributed by atoms with E-state index in [-0.39, 0.29) is 5.54 Å². The summed E-state index contributed by atoms with van der Waals surface area (Å²) >= 11 is 0. The Morgan fingerprint density at radius 1 is 1.28 bits per heavy atom. The van der Waals surface area contributed by atoms with Gasteiger partial charge in [-0.2, -0.15) is 0 Å². The predicted molar refractivity (Wildman–Crippen MR) is 104 cm³/mol. The first-order chi connectivity index (χ1) is 11.7. The van der Waals surface area contributed by atoms with Crippen molar-refractivity contribution in [3.8, 4) is 17.2 Å². The summed E-state index contributed by atoms with van der Waals surface area (Å²) < 4.78 is 5.49. The van der Waals surface area contributed by atoms with Crippen molar-refractivity contribution < 1.29 is 14.6 Å². The molecule has 2 N–H and O–H groups in total. The lowest BCUT2D eigenvalue weighted by Gasteiger charge is -2.39. The molecule has 1 saturated heterocycles. The number of hydrogen-bond acceptors (Lipinski definition) is 3. The molecular formula is C19H28N2O3Si. The molecule has 0 spiro atoms. The molecule has 1 aromatic carbocycles. The van der Waals surface area contributed by atoms with Crippen LogP contribution >= 0.6 is 0 Å². The Morgan fingerprint density at radius 2 is 1.88 bits per heavy atom. The minimum Gasteiger partial charge on any atom is -0.494 e. The topological polar surface area (TPSA) is 61.8 Å². The summed E-state index contributed by atoms with van der Waals surface area (Å²) in [4.78, 5) is 12.7. The monoisotopic (exact) mass is 360 g/mol. The van der Waals surface area contributed by atoms with Crippen molar-refractivity contribution in [2.24, 2.45) is 0 Å². The number of hydrogen-bond donors (Lipinski definition) is 2. The highest BCUT2D eigenvalue weighted by molar-refractivity contribution is 6.83. The van der Waals surface area contributed by atoms with Crippen LogP contribution in [0.4, 0.5) is 10.5 Å². The molecule has 0 aliphatic carbocycles. The number of anilines is 1. The summed E-state index contributed by atoms with van der Waals surface area (Å²) in [6.45, 7) is 10.3. The quantitative estimate of drug-likeness (QED) is 0.632. The molecule has 0 unspecified atom stereocenters. The molecule has 0 aromatic heterocycles. The fourth-order valence-corrected chi connectivity index (χ4v) is 3.36. The van der Waals surface area contributed by atoms with E-state index in [1.54, 1.807) is 0 Å². The third kappa shape index (κ3) is 5.71.